The Morgan fingerprint density at radius 2 is 1.71 bits per heavy atom. The van der Waals surface area contributed by atoms with Gasteiger partial charge in [0.25, 0.3) is 5.91 Å². The molecule has 0 bridgehead atoms. The Kier molecular flexibility index (Phi) is 6.28. The van der Waals surface area contributed by atoms with Crippen LogP contribution >= 0.6 is 23.8 Å². The van der Waals surface area contributed by atoms with Crippen molar-refractivity contribution in [1.82, 2.24) is 5.32 Å². The molecule has 0 aromatic heterocycles. The third kappa shape index (κ3) is 5.33. The quantitative estimate of drug-likeness (QED) is 0.724. The van der Waals surface area contributed by atoms with E-state index in [1.165, 1.54) is 0 Å². The van der Waals surface area contributed by atoms with Crippen molar-refractivity contribution in [2.24, 2.45) is 0 Å². The highest BCUT2D eigenvalue weighted by Crippen LogP contribution is 2.17. The molecule has 0 aliphatic heterocycles. The van der Waals surface area contributed by atoms with Crippen LogP contribution in [0.15, 0.2) is 48.5 Å². The van der Waals surface area contributed by atoms with Gasteiger partial charge in [-0.25, -0.2) is 0 Å². The first-order valence-corrected chi connectivity index (χ1v) is 8.04. The summed E-state index contributed by atoms with van der Waals surface area (Å²) in [6.07, 6.45) is 0.345. The number of amides is 2. The van der Waals surface area contributed by atoms with Gasteiger partial charge in [-0.1, -0.05) is 30.7 Å². The predicted molar refractivity (Wildman–Crippen MR) is 101 cm³/mol. The number of benzene rings is 2. The second-order valence-corrected chi connectivity index (χ2v) is 5.75. The van der Waals surface area contributed by atoms with Gasteiger partial charge in [-0.3, -0.25) is 9.59 Å². The van der Waals surface area contributed by atoms with Crippen LogP contribution < -0.4 is 16.0 Å². The van der Waals surface area contributed by atoms with Crippen LogP contribution in [0.25, 0.3) is 0 Å². The summed E-state index contributed by atoms with van der Waals surface area (Å²) in [5.41, 5.74) is 1.71. The molecule has 0 unspecified atom stereocenters. The second-order valence-electron chi connectivity index (χ2n) is 4.90. The number of carbonyl (C=O) groups is 2. The summed E-state index contributed by atoms with van der Waals surface area (Å²) in [6, 6.07) is 13.7. The zero-order valence-electron chi connectivity index (χ0n) is 12.9. The van der Waals surface area contributed by atoms with Gasteiger partial charge in [-0.05, 0) is 48.6 Å². The first-order valence-electron chi connectivity index (χ1n) is 7.25. The largest absolute Gasteiger partial charge is 0.332 e. The van der Waals surface area contributed by atoms with E-state index in [-0.39, 0.29) is 16.9 Å². The molecule has 0 saturated heterocycles. The number of carbonyl (C=O) groups excluding carboxylic acids is 2. The molecule has 7 heteroatoms. The fourth-order valence-corrected chi connectivity index (χ4v) is 2.31. The van der Waals surface area contributed by atoms with E-state index in [0.29, 0.717) is 28.4 Å². The number of rotatable bonds is 4. The summed E-state index contributed by atoms with van der Waals surface area (Å²) >= 11 is 10.9. The number of hydrogen-bond acceptors (Lipinski definition) is 3. The molecule has 2 aromatic rings. The lowest BCUT2D eigenvalue weighted by Gasteiger charge is -2.11. The lowest BCUT2D eigenvalue weighted by Crippen LogP contribution is -2.33. The zero-order valence-corrected chi connectivity index (χ0v) is 14.5. The Labute approximate surface area is 150 Å². The molecule has 5 nitrogen and oxygen atoms in total. The second kappa shape index (κ2) is 8.42. The SMILES string of the molecule is CCC(=O)NC(=S)Nc1cccc(NC(=O)c2cccc(Cl)c2)c1. The van der Waals surface area contributed by atoms with Gasteiger partial charge in [0.2, 0.25) is 5.91 Å². The minimum Gasteiger partial charge on any atom is -0.332 e. The van der Waals surface area contributed by atoms with Gasteiger partial charge in [0.15, 0.2) is 5.11 Å². The molecule has 124 valence electrons. The molecule has 0 aliphatic rings. The van der Waals surface area contributed by atoms with Gasteiger partial charge >= 0.3 is 0 Å². The lowest BCUT2D eigenvalue weighted by atomic mass is 10.2. The van der Waals surface area contributed by atoms with E-state index in [1.807, 2.05) is 0 Å². The van der Waals surface area contributed by atoms with Crippen LogP contribution in [0.2, 0.25) is 5.02 Å². The maximum Gasteiger partial charge on any atom is 0.255 e. The molecule has 24 heavy (non-hydrogen) atoms. The molecule has 0 heterocycles. The maximum absolute atomic E-state index is 12.2. The van der Waals surface area contributed by atoms with Crippen molar-refractivity contribution < 1.29 is 9.59 Å². The normalized spacial score (nSPS) is 9.92. The van der Waals surface area contributed by atoms with E-state index in [0.717, 1.165) is 0 Å². The van der Waals surface area contributed by atoms with Crippen molar-refractivity contribution in [3.63, 3.8) is 0 Å². The fourth-order valence-electron chi connectivity index (χ4n) is 1.89. The van der Waals surface area contributed by atoms with E-state index >= 15 is 0 Å². The Hall–Kier alpha value is -2.44. The molecule has 0 saturated carbocycles. The van der Waals surface area contributed by atoms with E-state index in [1.54, 1.807) is 55.5 Å². The molecule has 0 spiro atoms. The first-order chi connectivity index (χ1) is 11.5. The fraction of sp³-hybridized carbons (Fsp3) is 0.118. The number of anilines is 2. The Morgan fingerprint density at radius 3 is 2.38 bits per heavy atom. The third-order valence-electron chi connectivity index (χ3n) is 3.04. The van der Waals surface area contributed by atoms with E-state index in [2.05, 4.69) is 16.0 Å². The zero-order chi connectivity index (χ0) is 17.5. The molecule has 0 fully saturated rings. The Balaban J connectivity index is 2.03. The van der Waals surface area contributed by atoms with Gasteiger partial charge in [0, 0.05) is 28.4 Å². The average molecular weight is 362 g/mol. The van der Waals surface area contributed by atoms with Crippen LogP contribution in [0.4, 0.5) is 11.4 Å². The summed E-state index contributed by atoms with van der Waals surface area (Å²) in [4.78, 5) is 23.5. The molecule has 0 aliphatic carbocycles. The van der Waals surface area contributed by atoms with Crippen molar-refractivity contribution >= 4 is 52.1 Å². The Morgan fingerprint density at radius 1 is 1.04 bits per heavy atom. The summed E-state index contributed by atoms with van der Waals surface area (Å²) in [5, 5.41) is 8.93. The van der Waals surface area contributed by atoms with Crippen molar-refractivity contribution in [3.05, 3.63) is 59.1 Å². The molecular weight excluding hydrogens is 346 g/mol. The lowest BCUT2D eigenvalue weighted by molar-refractivity contribution is -0.119. The highest BCUT2D eigenvalue weighted by atomic mass is 35.5. The molecule has 2 aromatic carbocycles. The monoisotopic (exact) mass is 361 g/mol. The molecule has 2 amide bonds. The number of thiocarbonyl (C=S) groups is 1. The highest BCUT2D eigenvalue weighted by molar-refractivity contribution is 7.80. The molecular formula is C17H16ClN3O2S. The summed E-state index contributed by atoms with van der Waals surface area (Å²) < 4.78 is 0. The van der Waals surface area contributed by atoms with Crippen molar-refractivity contribution in [2.45, 2.75) is 13.3 Å². The van der Waals surface area contributed by atoms with Gasteiger partial charge in [0.1, 0.15) is 0 Å². The minimum absolute atomic E-state index is 0.169. The van der Waals surface area contributed by atoms with Crippen LogP contribution in [-0.2, 0) is 4.79 Å². The molecule has 0 atom stereocenters. The van der Waals surface area contributed by atoms with Gasteiger partial charge < -0.3 is 16.0 Å². The van der Waals surface area contributed by atoms with Gasteiger partial charge in [-0.15, -0.1) is 0 Å². The van der Waals surface area contributed by atoms with Crippen molar-refractivity contribution in [1.29, 1.82) is 0 Å². The average Bonchev–Trinajstić information content (AvgIpc) is 2.54. The standard InChI is InChI=1S/C17H16ClN3O2S/c1-2-15(22)21-17(24)20-14-8-4-7-13(10-14)19-16(23)11-5-3-6-12(18)9-11/h3-10H,2H2,1H3,(H,19,23)(H2,20,21,22,24). The first kappa shape index (κ1) is 17.9. The highest BCUT2D eigenvalue weighted by Gasteiger charge is 2.07. The van der Waals surface area contributed by atoms with Crippen LogP contribution in [0.3, 0.4) is 0 Å². The number of halogens is 1. The van der Waals surface area contributed by atoms with E-state index in [9.17, 15) is 9.59 Å². The minimum atomic E-state index is -0.267. The smallest absolute Gasteiger partial charge is 0.255 e. The van der Waals surface area contributed by atoms with E-state index in [4.69, 9.17) is 23.8 Å². The van der Waals surface area contributed by atoms with E-state index < -0.39 is 0 Å². The van der Waals surface area contributed by atoms with Gasteiger partial charge in [0.05, 0.1) is 0 Å². The maximum atomic E-state index is 12.2. The van der Waals surface area contributed by atoms with Crippen LogP contribution in [0.5, 0.6) is 0 Å². The van der Waals surface area contributed by atoms with Crippen molar-refractivity contribution in [2.75, 3.05) is 10.6 Å². The molecule has 2 rings (SSSR count). The van der Waals surface area contributed by atoms with Crippen LogP contribution in [-0.4, -0.2) is 16.9 Å². The molecule has 0 radical (unpaired) electrons. The Bertz CT molecular complexity index is 780. The molecule has 3 N–H and O–H groups in total. The predicted octanol–water partition coefficient (Wildman–Crippen LogP) is 3.82. The number of nitrogens with one attached hydrogen (secondary N) is 3. The summed E-state index contributed by atoms with van der Waals surface area (Å²) in [5.74, 6) is -0.436. The summed E-state index contributed by atoms with van der Waals surface area (Å²) in [7, 11) is 0. The third-order valence-corrected chi connectivity index (χ3v) is 3.48. The van der Waals surface area contributed by atoms with Crippen LogP contribution in [0, 0.1) is 0 Å². The topological polar surface area (TPSA) is 70.2 Å². The summed E-state index contributed by atoms with van der Waals surface area (Å²) in [6.45, 7) is 1.74. The van der Waals surface area contributed by atoms with Crippen LogP contribution in [0.1, 0.15) is 23.7 Å². The van der Waals surface area contributed by atoms with Crippen molar-refractivity contribution in [3.8, 4) is 0 Å². The van der Waals surface area contributed by atoms with Gasteiger partial charge in [-0.2, -0.15) is 0 Å². The number of hydrogen-bond donors (Lipinski definition) is 3.